The molecule has 0 atom stereocenters. The Kier molecular flexibility index (Phi) is 3.65. The van der Waals surface area contributed by atoms with Crippen molar-refractivity contribution in [3.63, 3.8) is 0 Å². The molecule has 0 radical (unpaired) electrons. The summed E-state index contributed by atoms with van der Waals surface area (Å²) < 4.78 is 0. The lowest BCUT2D eigenvalue weighted by molar-refractivity contribution is -0.377. The Morgan fingerprint density at radius 2 is 1.73 bits per heavy atom. The minimum atomic E-state index is -0.346. The minimum absolute atomic E-state index is 0.0559. The summed E-state index contributed by atoms with van der Waals surface area (Å²) in [4.78, 5) is 40.1. The number of rotatable bonds is 4. The van der Waals surface area contributed by atoms with Gasteiger partial charge in [0.15, 0.2) is 12.4 Å². The molecule has 2 aromatic rings. The van der Waals surface area contributed by atoms with Gasteiger partial charge in [0.2, 0.25) is 5.91 Å². The van der Waals surface area contributed by atoms with Crippen LogP contribution in [0.3, 0.4) is 0 Å². The van der Waals surface area contributed by atoms with Gasteiger partial charge in [-0.1, -0.05) is 12.1 Å². The third-order valence-electron chi connectivity index (χ3n) is 3.43. The van der Waals surface area contributed by atoms with Gasteiger partial charge in [-0.15, -0.1) is 0 Å². The first-order valence-electron chi connectivity index (χ1n) is 6.88. The highest BCUT2D eigenvalue weighted by Crippen LogP contribution is 2.22. The van der Waals surface area contributed by atoms with Crippen LogP contribution >= 0.6 is 0 Å². The highest BCUT2D eigenvalue weighted by atomic mass is 16.2. The molecule has 110 valence electrons. The van der Waals surface area contributed by atoms with Gasteiger partial charge in [0.1, 0.15) is 5.69 Å². The normalized spacial score (nSPS) is 13.2. The van der Waals surface area contributed by atoms with Crippen molar-refractivity contribution in [1.29, 1.82) is 0 Å². The molecule has 2 N–H and O–H groups in total. The molecule has 1 aromatic heterocycles. The molecular weight excluding hydrogens is 282 g/mol. The number of amides is 3. The van der Waals surface area contributed by atoms with E-state index in [1.807, 2.05) is 0 Å². The number of H-pyrrole nitrogens is 1. The fourth-order valence-electron chi connectivity index (χ4n) is 2.35. The summed E-state index contributed by atoms with van der Waals surface area (Å²) in [7, 11) is 0. The van der Waals surface area contributed by atoms with Gasteiger partial charge in [-0.05, 0) is 18.2 Å². The van der Waals surface area contributed by atoms with E-state index in [9.17, 15) is 14.4 Å². The Hall–Kier alpha value is -3.02. The van der Waals surface area contributed by atoms with Crippen LogP contribution in [0.4, 0.5) is 5.69 Å². The molecule has 3 amide bonds. The average molecular weight is 296 g/mol. The van der Waals surface area contributed by atoms with Gasteiger partial charge < -0.3 is 5.32 Å². The molecule has 1 aromatic carbocycles. The van der Waals surface area contributed by atoms with Gasteiger partial charge in [-0.25, -0.2) is 4.98 Å². The van der Waals surface area contributed by atoms with Crippen LogP contribution < -0.4 is 10.3 Å². The Morgan fingerprint density at radius 1 is 1.05 bits per heavy atom. The van der Waals surface area contributed by atoms with E-state index in [4.69, 9.17) is 0 Å². The van der Waals surface area contributed by atoms with E-state index >= 15 is 0 Å². The summed E-state index contributed by atoms with van der Waals surface area (Å²) in [6.45, 7) is 0.0642. The number of nitrogens with one attached hydrogen (secondary N) is 2. The Balaban J connectivity index is 1.62. The van der Waals surface area contributed by atoms with Crippen molar-refractivity contribution in [3.05, 3.63) is 59.9 Å². The van der Waals surface area contributed by atoms with E-state index in [1.165, 1.54) is 0 Å². The lowest BCUT2D eigenvalue weighted by Gasteiger charge is -2.13. The molecule has 1 aliphatic heterocycles. The fourth-order valence-corrected chi connectivity index (χ4v) is 2.35. The number of benzene rings is 1. The van der Waals surface area contributed by atoms with Crippen LogP contribution in [0.1, 0.15) is 27.1 Å². The molecule has 0 bridgehead atoms. The van der Waals surface area contributed by atoms with Crippen LogP contribution in [0.15, 0.2) is 48.8 Å². The van der Waals surface area contributed by atoms with Crippen molar-refractivity contribution < 1.29 is 19.4 Å². The second-order valence-electron chi connectivity index (χ2n) is 4.90. The molecule has 6 nitrogen and oxygen atoms in total. The number of fused-ring (bicyclic) bond motifs is 1. The number of hydrogen-bond acceptors (Lipinski definition) is 3. The standard InChI is InChI=1S/C16H13N3O3/c20-14(18-11-4-3-8-17-10-11)7-9-19-15(21)12-5-1-2-6-13(12)16(19)22/h1-6,8,10H,7,9H2,(H,18,20)/p+1. The zero-order valence-corrected chi connectivity index (χ0v) is 11.7. The predicted molar refractivity (Wildman–Crippen MR) is 78.1 cm³/mol. The van der Waals surface area contributed by atoms with E-state index in [2.05, 4.69) is 10.3 Å². The summed E-state index contributed by atoms with van der Waals surface area (Å²) in [6.07, 6.45) is 3.44. The Bertz CT molecular complexity index is 708. The van der Waals surface area contributed by atoms with Crippen LogP contribution in [-0.4, -0.2) is 29.2 Å². The van der Waals surface area contributed by atoms with Crippen LogP contribution in [0, 0.1) is 0 Å². The average Bonchev–Trinajstić information content (AvgIpc) is 2.78. The highest BCUT2D eigenvalue weighted by Gasteiger charge is 2.34. The van der Waals surface area contributed by atoms with E-state index in [0.29, 0.717) is 16.8 Å². The minimum Gasteiger partial charge on any atom is -0.321 e. The van der Waals surface area contributed by atoms with Crippen molar-refractivity contribution >= 4 is 23.4 Å². The largest absolute Gasteiger partial charge is 0.321 e. The number of carbonyl (C=O) groups excluding carboxylic acids is 3. The molecule has 1 aliphatic rings. The Morgan fingerprint density at radius 3 is 2.32 bits per heavy atom. The summed E-state index contributed by atoms with van der Waals surface area (Å²) in [5.41, 5.74) is 1.42. The summed E-state index contributed by atoms with van der Waals surface area (Å²) >= 11 is 0. The maximum atomic E-state index is 12.1. The first kappa shape index (κ1) is 13.9. The SMILES string of the molecule is O=C(CCN1C(=O)c2ccccc2C1=O)Nc1ccc[nH+]c1. The predicted octanol–water partition coefficient (Wildman–Crippen LogP) is 1.13. The number of carbonyl (C=O) groups is 3. The number of nitrogens with zero attached hydrogens (tertiary/aromatic N) is 1. The van der Waals surface area contributed by atoms with E-state index in [0.717, 1.165) is 4.90 Å². The fraction of sp³-hybridized carbons (Fsp3) is 0.125. The second kappa shape index (κ2) is 5.77. The first-order valence-corrected chi connectivity index (χ1v) is 6.88. The van der Waals surface area contributed by atoms with Gasteiger partial charge in [-0.3, -0.25) is 19.3 Å². The van der Waals surface area contributed by atoms with E-state index < -0.39 is 0 Å². The molecule has 22 heavy (non-hydrogen) atoms. The van der Waals surface area contributed by atoms with Crippen LogP contribution in [0.2, 0.25) is 0 Å². The highest BCUT2D eigenvalue weighted by molar-refractivity contribution is 6.21. The molecule has 6 heteroatoms. The molecule has 0 fully saturated rings. The first-order chi connectivity index (χ1) is 10.7. The van der Waals surface area contributed by atoms with Crippen molar-refractivity contribution in [2.75, 3.05) is 11.9 Å². The van der Waals surface area contributed by atoms with Crippen molar-refractivity contribution in [2.24, 2.45) is 0 Å². The molecule has 0 saturated heterocycles. The lowest BCUT2D eigenvalue weighted by atomic mass is 10.1. The monoisotopic (exact) mass is 296 g/mol. The van der Waals surface area contributed by atoms with Gasteiger partial charge >= 0.3 is 0 Å². The number of imide groups is 1. The number of hydrogen-bond donors (Lipinski definition) is 1. The maximum Gasteiger partial charge on any atom is 0.261 e. The topological polar surface area (TPSA) is 80.6 Å². The van der Waals surface area contributed by atoms with Gasteiger partial charge in [0, 0.05) is 19.0 Å². The second-order valence-corrected chi connectivity index (χ2v) is 4.90. The molecular formula is C16H14N3O3+. The quantitative estimate of drug-likeness (QED) is 0.859. The lowest BCUT2D eigenvalue weighted by Crippen LogP contribution is -2.32. The van der Waals surface area contributed by atoms with Crippen LogP contribution in [0.25, 0.3) is 0 Å². The van der Waals surface area contributed by atoms with E-state index in [-0.39, 0.29) is 30.7 Å². The third kappa shape index (κ3) is 2.58. The number of aromatic amines is 1. The molecule has 0 aliphatic carbocycles. The summed E-state index contributed by atoms with van der Waals surface area (Å²) in [5, 5.41) is 2.70. The third-order valence-corrected chi connectivity index (χ3v) is 3.43. The molecule has 3 rings (SSSR count). The molecule has 0 spiro atoms. The molecule has 0 saturated carbocycles. The zero-order valence-electron chi connectivity index (χ0n) is 11.7. The van der Waals surface area contributed by atoms with Crippen molar-refractivity contribution in [1.82, 2.24) is 4.90 Å². The van der Waals surface area contributed by atoms with Crippen LogP contribution in [-0.2, 0) is 4.79 Å². The number of aromatic nitrogens is 1. The molecule has 0 unspecified atom stereocenters. The molecule has 2 heterocycles. The Labute approximate surface area is 126 Å². The van der Waals surface area contributed by atoms with E-state index in [1.54, 1.807) is 48.8 Å². The van der Waals surface area contributed by atoms with Gasteiger partial charge in [0.25, 0.3) is 11.8 Å². The summed E-state index contributed by atoms with van der Waals surface area (Å²) in [5.74, 6) is -0.945. The number of anilines is 1. The van der Waals surface area contributed by atoms with Crippen molar-refractivity contribution in [3.8, 4) is 0 Å². The number of pyridine rings is 1. The summed E-state index contributed by atoms with van der Waals surface area (Å²) in [6, 6.07) is 10.2. The van der Waals surface area contributed by atoms with Crippen LogP contribution in [0.5, 0.6) is 0 Å². The van der Waals surface area contributed by atoms with Gasteiger partial charge in [-0.2, -0.15) is 0 Å². The zero-order chi connectivity index (χ0) is 15.5. The van der Waals surface area contributed by atoms with Crippen molar-refractivity contribution in [2.45, 2.75) is 6.42 Å². The maximum absolute atomic E-state index is 12.1. The van der Waals surface area contributed by atoms with Gasteiger partial charge in [0.05, 0.1) is 11.1 Å². The smallest absolute Gasteiger partial charge is 0.261 e.